The van der Waals surface area contributed by atoms with Crippen molar-refractivity contribution in [3.05, 3.63) is 0 Å². The zero-order chi connectivity index (χ0) is 6.97. The summed E-state index contributed by atoms with van der Waals surface area (Å²) in [5.41, 5.74) is 0. The standard InChI is InChI=1S/C9H13N/c10-4-3-9-6-7-1-2-8(9)5-7/h7-9H,1-3,5-6H2/t7-,8+,9+/m0/s1. The molecule has 0 aromatic carbocycles. The minimum atomic E-state index is 0.781. The van der Waals surface area contributed by atoms with Crippen LogP contribution in [0, 0.1) is 29.1 Å². The molecule has 0 radical (unpaired) electrons. The lowest BCUT2D eigenvalue weighted by atomic mass is 9.87. The first-order chi connectivity index (χ1) is 4.90. The fourth-order valence-corrected chi connectivity index (χ4v) is 2.74. The molecule has 2 bridgehead atoms. The van der Waals surface area contributed by atoms with Gasteiger partial charge in [-0.25, -0.2) is 0 Å². The van der Waals surface area contributed by atoms with Crippen molar-refractivity contribution in [1.82, 2.24) is 0 Å². The Hall–Kier alpha value is -0.510. The molecule has 3 atom stereocenters. The molecule has 2 saturated carbocycles. The highest BCUT2D eigenvalue weighted by molar-refractivity contribution is 4.93. The topological polar surface area (TPSA) is 23.8 Å². The summed E-state index contributed by atoms with van der Waals surface area (Å²) in [5.74, 6) is 2.72. The summed E-state index contributed by atoms with van der Waals surface area (Å²) in [6, 6.07) is 2.29. The molecule has 2 rings (SSSR count). The average molecular weight is 135 g/mol. The molecule has 2 fully saturated rings. The number of rotatable bonds is 1. The molecular formula is C9H13N. The molecule has 0 spiro atoms. The van der Waals surface area contributed by atoms with E-state index in [4.69, 9.17) is 5.26 Å². The van der Waals surface area contributed by atoms with Gasteiger partial charge in [-0.3, -0.25) is 0 Å². The maximum Gasteiger partial charge on any atom is 0.0624 e. The molecule has 1 nitrogen and oxygen atoms in total. The molecule has 2 aliphatic rings. The van der Waals surface area contributed by atoms with Gasteiger partial charge in [-0.05, 0) is 37.0 Å². The summed E-state index contributed by atoms with van der Waals surface area (Å²) < 4.78 is 0. The summed E-state index contributed by atoms with van der Waals surface area (Å²) >= 11 is 0. The zero-order valence-electron chi connectivity index (χ0n) is 6.21. The van der Waals surface area contributed by atoms with E-state index in [1.165, 1.54) is 25.7 Å². The quantitative estimate of drug-likeness (QED) is 0.541. The van der Waals surface area contributed by atoms with Crippen molar-refractivity contribution in [2.24, 2.45) is 17.8 Å². The van der Waals surface area contributed by atoms with Crippen LogP contribution in [0.4, 0.5) is 0 Å². The molecule has 2 aliphatic carbocycles. The van der Waals surface area contributed by atoms with Gasteiger partial charge in [-0.1, -0.05) is 6.42 Å². The Morgan fingerprint density at radius 2 is 2.20 bits per heavy atom. The van der Waals surface area contributed by atoms with Gasteiger partial charge in [0.1, 0.15) is 0 Å². The van der Waals surface area contributed by atoms with Gasteiger partial charge >= 0.3 is 0 Å². The molecule has 0 unspecified atom stereocenters. The summed E-state index contributed by atoms with van der Waals surface area (Å²) in [5, 5.41) is 8.50. The second kappa shape index (κ2) is 2.27. The van der Waals surface area contributed by atoms with Crippen molar-refractivity contribution >= 4 is 0 Å². The predicted molar refractivity (Wildman–Crippen MR) is 39.2 cm³/mol. The Kier molecular flexibility index (Phi) is 1.41. The van der Waals surface area contributed by atoms with Gasteiger partial charge in [0, 0.05) is 6.42 Å². The van der Waals surface area contributed by atoms with Gasteiger partial charge in [0.05, 0.1) is 6.07 Å². The van der Waals surface area contributed by atoms with Gasteiger partial charge in [-0.15, -0.1) is 0 Å². The second-order valence-electron chi connectivity index (χ2n) is 3.80. The molecule has 0 amide bonds. The van der Waals surface area contributed by atoms with E-state index in [-0.39, 0.29) is 0 Å². The first-order valence-electron chi connectivity index (χ1n) is 4.27. The van der Waals surface area contributed by atoms with Gasteiger partial charge in [0.15, 0.2) is 0 Å². The summed E-state index contributed by atoms with van der Waals surface area (Å²) in [7, 11) is 0. The van der Waals surface area contributed by atoms with E-state index in [0.717, 1.165) is 24.2 Å². The molecule has 0 aliphatic heterocycles. The molecule has 1 heteroatoms. The van der Waals surface area contributed by atoms with E-state index >= 15 is 0 Å². The second-order valence-corrected chi connectivity index (χ2v) is 3.80. The Morgan fingerprint density at radius 3 is 2.70 bits per heavy atom. The lowest BCUT2D eigenvalue weighted by Gasteiger charge is -2.17. The SMILES string of the molecule is N#CC[C@@H]1C[C@H]2CC[C@@H]1C2. The molecule has 10 heavy (non-hydrogen) atoms. The lowest BCUT2D eigenvalue weighted by Crippen LogP contribution is -2.08. The smallest absolute Gasteiger partial charge is 0.0624 e. The fourth-order valence-electron chi connectivity index (χ4n) is 2.74. The summed E-state index contributed by atoms with van der Waals surface area (Å²) in [4.78, 5) is 0. The minimum Gasteiger partial charge on any atom is -0.198 e. The van der Waals surface area contributed by atoms with Crippen molar-refractivity contribution < 1.29 is 0 Å². The molecule has 0 N–H and O–H groups in total. The Labute approximate surface area is 62.0 Å². The largest absolute Gasteiger partial charge is 0.198 e. The number of hydrogen-bond donors (Lipinski definition) is 0. The van der Waals surface area contributed by atoms with E-state index in [1.54, 1.807) is 0 Å². The third-order valence-corrected chi connectivity index (χ3v) is 3.24. The van der Waals surface area contributed by atoms with E-state index in [9.17, 15) is 0 Å². The highest BCUT2D eigenvalue weighted by Gasteiger charge is 2.38. The van der Waals surface area contributed by atoms with Crippen molar-refractivity contribution in [2.75, 3.05) is 0 Å². The van der Waals surface area contributed by atoms with E-state index in [1.807, 2.05) is 0 Å². The highest BCUT2D eigenvalue weighted by atomic mass is 14.4. The first kappa shape index (κ1) is 6.22. The van der Waals surface area contributed by atoms with Crippen LogP contribution in [0.15, 0.2) is 0 Å². The first-order valence-corrected chi connectivity index (χ1v) is 4.27. The van der Waals surface area contributed by atoms with E-state index in [2.05, 4.69) is 6.07 Å². The van der Waals surface area contributed by atoms with Crippen LogP contribution < -0.4 is 0 Å². The normalized spacial score (nSPS) is 43.7. The van der Waals surface area contributed by atoms with E-state index in [0.29, 0.717) is 0 Å². The third kappa shape index (κ3) is 0.831. The number of nitrogens with zero attached hydrogens (tertiary/aromatic N) is 1. The number of hydrogen-bond acceptors (Lipinski definition) is 1. The van der Waals surface area contributed by atoms with E-state index < -0.39 is 0 Å². The predicted octanol–water partition coefficient (Wildman–Crippen LogP) is 2.34. The highest BCUT2D eigenvalue weighted by Crippen LogP contribution is 2.49. The Balaban J connectivity index is 1.97. The molecule has 54 valence electrons. The Bertz CT molecular complexity index is 168. The van der Waals surface area contributed by atoms with Gasteiger partial charge < -0.3 is 0 Å². The minimum absolute atomic E-state index is 0.781. The van der Waals surface area contributed by atoms with Crippen LogP contribution in [0.1, 0.15) is 32.1 Å². The van der Waals surface area contributed by atoms with Gasteiger partial charge in [-0.2, -0.15) is 5.26 Å². The molecule has 0 saturated heterocycles. The monoisotopic (exact) mass is 135 g/mol. The maximum atomic E-state index is 8.50. The third-order valence-electron chi connectivity index (χ3n) is 3.24. The van der Waals surface area contributed by atoms with Crippen molar-refractivity contribution in [3.8, 4) is 6.07 Å². The van der Waals surface area contributed by atoms with Crippen molar-refractivity contribution in [2.45, 2.75) is 32.1 Å². The number of fused-ring (bicyclic) bond motifs is 2. The van der Waals surface area contributed by atoms with Crippen molar-refractivity contribution in [3.63, 3.8) is 0 Å². The Morgan fingerprint density at radius 1 is 1.30 bits per heavy atom. The zero-order valence-corrected chi connectivity index (χ0v) is 6.21. The molecule has 0 aromatic rings. The molecule has 0 aromatic heterocycles. The van der Waals surface area contributed by atoms with Crippen LogP contribution in [0.3, 0.4) is 0 Å². The maximum absolute atomic E-state index is 8.50. The van der Waals surface area contributed by atoms with Gasteiger partial charge in [0.2, 0.25) is 0 Å². The van der Waals surface area contributed by atoms with Gasteiger partial charge in [0.25, 0.3) is 0 Å². The molecular weight excluding hydrogens is 122 g/mol. The molecule has 0 heterocycles. The summed E-state index contributed by atoms with van der Waals surface area (Å²) in [6.07, 6.45) is 6.48. The summed E-state index contributed by atoms with van der Waals surface area (Å²) in [6.45, 7) is 0. The van der Waals surface area contributed by atoms with Crippen LogP contribution in [0.2, 0.25) is 0 Å². The van der Waals surface area contributed by atoms with Crippen LogP contribution in [0.5, 0.6) is 0 Å². The lowest BCUT2D eigenvalue weighted by molar-refractivity contribution is 0.339. The number of nitriles is 1. The van der Waals surface area contributed by atoms with Crippen molar-refractivity contribution in [1.29, 1.82) is 5.26 Å². The van der Waals surface area contributed by atoms with Crippen LogP contribution in [-0.2, 0) is 0 Å². The average Bonchev–Trinajstić information content (AvgIpc) is 2.48. The van der Waals surface area contributed by atoms with Crippen LogP contribution >= 0.6 is 0 Å². The van der Waals surface area contributed by atoms with Crippen LogP contribution in [0.25, 0.3) is 0 Å². The fraction of sp³-hybridized carbons (Fsp3) is 0.889. The van der Waals surface area contributed by atoms with Crippen LogP contribution in [-0.4, -0.2) is 0 Å².